The summed E-state index contributed by atoms with van der Waals surface area (Å²) in [5.74, 6) is 0. The van der Waals surface area contributed by atoms with E-state index in [1.807, 2.05) is 0 Å². The monoisotopic (exact) mass is 636 g/mol. The maximum Gasteiger partial charge on any atom is 0.0795 e. The van der Waals surface area contributed by atoms with Crippen molar-refractivity contribution in [2.24, 2.45) is 0 Å². The van der Waals surface area contributed by atoms with Gasteiger partial charge >= 0.3 is 0 Å². The van der Waals surface area contributed by atoms with Gasteiger partial charge in [-0.15, -0.1) is 0 Å². The normalized spacial score (nSPS) is 11.6. The van der Waals surface area contributed by atoms with Gasteiger partial charge in [0.15, 0.2) is 0 Å². The number of rotatable bonds is 5. The molecule has 0 fully saturated rings. The second-order valence-electron chi connectivity index (χ2n) is 12.9. The summed E-state index contributed by atoms with van der Waals surface area (Å²) >= 11 is 0. The van der Waals surface area contributed by atoms with E-state index in [0.717, 1.165) is 11.4 Å². The van der Waals surface area contributed by atoms with E-state index in [0.29, 0.717) is 0 Å². The number of aromatic nitrogens is 2. The lowest BCUT2D eigenvalue weighted by molar-refractivity contribution is 1.15. The van der Waals surface area contributed by atoms with Crippen LogP contribution in [0.15, 0.2) is 194 Å². The molecule has 0 bridgehead atoms. The molecular weight excluding hydrogens is 605 g/mol. The Balaban J connectivity index is 1.52. The summed E-state index contributed by atoms with van der Waals surface area (Å²) in [5, 5.41) is 4.98. The van der Waals surface area contributed by atoms with Crippen LogP contribution < -0.4 is 0 Å². The van der Waals surface area contributed by atoms with Gasteiger partial charge in [0.05, 0.1) is 22.1 Å². The average Bonchev–Trinajstić information content (AvgIpc) is 3.72. The van der Waals surface area contributed by atoms with Crippen molar-refractivity contribution in [2.75, 3.05) is 0 Å². The maximum atomic E-state index is 2.51. The molecule has 234 valence electrons. The van der Waals surface area contributed by atoms with E-state index < -0.39 is 0 Å². The largest absolute Gasteiger partial charge is 0.307 e. The zero-order valence-electron chi connectivity index (χ0n) is 27.4. The third-order valence-electron chi connectivity index (χ3n) is 10.1. The van der Waals surface area contributed by atoms with Crippen molar-refractivity contribution in [1.29, 1.82) is 0 Å². The molecule has 0 atom stereocenters. The minimum atomic E-state index is 1.13. The third-order valence-corrected chi connectivity index (χ3v) is 10.1. The van der Waals surface area contributed by atoms with Gasteiger partial charge in [0.25, 0.3) is 0 Å². The number of benzene rings is 8. The lowest BCUT2D eigenvalue weighted by Crippen LogP contribution is -2.00. The first-order valence-electron chi connectivity index (χ1n) is 17.2. The quantitative estimate of drug-likeness (QED) is 0.178. The first-order chi connectivity index (χ1) is 24.9. The molecule has 0 saturated carbocycles. The minimum absolute atomic E-state index is 1.13. The van der Waals surface area contributed by atoms with E-state index in [2.05, 4.69) is 203 Å². The Morgan fingerprint density at radius 3 is 1.18 bits per heavy atom. The van der Waals surface area contributed by atoms with Crippen LogP contribution in [0.1, 0.15) is 0 Å². The molecule has 8 aromatic carbocycles. The van der Waals surface area contributed by atoms with Crippen LogP contribution in [-0.2, 0) is 0 Å². The second-order valence-corrected chi connectivity index (χ2v) is 12.9. The molecule has 0 N–H and O–H groups in total. The smallest absolute Gasteiger partial charge is 0.0795 e. The van der Waals surface area contributed by atoms with E-state index in [1.54, 1.807) is 0 Å². The van der Waals surface area contributed by atoms with E-state index in [4.69, 9.17) is 0 Å². The summed E-state index contributed by atoms with van der Waals surface area (Å²) in [7, 11) is 0. The fourth-order valence-electron chi connectivity index (χ4n) is 8.04. The summed E-state index contributed by atoms with van der Waals surface area (Å²) in [6.45, 7) is 0. The summed E-state index contributed by atoms with van der Waals surface area (Å²) in [6.07, 6.45) is 0. The van der Waals surface area contributed by atoms with Gasteiger partial charge in [-0.1, -0.05) is 158 Å². The maximum absolute atomic E-state index is 2.51. The first kappa shape index (κ1) is 28.4. The van der Waals surface area contributed by atoms with Crippen molar-refractivity contribution in [2.45, 2.75) is 0 Å². The fourth-order valence-corrected chi connectivity index (χ4v) is 8.04. The van der Waals surface area contributed by atoms with Gasteiger partial charge in [0.2, 0.25) is 0 Å². The Labute approximate surface area is 290 Å². The molecule has 2 heteroatoms. The third kappa shape index (κ3) is 4.29. The summed E-state index contributed by atoms with van der Waals surface area (Å²) < 4.78 is 5.00. The van der Waals surface area contributed by atoms with Crippen molar-refractivity contribution < 1.29 is 0 Å². The van der Waals surface area contributed by atoms with Gasteiger partial charge < -0.3 is 9.13 Å². The number of hydrogen-bond acceptors (Lipinski definition) is 0. The van der Waals surface area contributed by atoms with Gasteiger partial charge in [-0.2, -0.15) is 0 Å². The Kier molecular flexibility index (Phi) is 6.53. The number of hydrogen-bond donors (Lipinski definition) is 0. The molecule has 0 radical (unpaired) electrons. The van der Waals surface area contributed by atoms with Crippen LogP contribution in [0.3, 0.4) is 0 Å². The molecule has 0 amide bonds. The van der Waals surface area contributed by atoms with Crippen molar-refractivity contribution in [1.82, 2.24) is 9.13 Å². The van der Waals surface area contributed by atoms with E-state index in [1.165, 1.54) is 77.0 Å². The van der Waals surface area contributed by atoms with Gasteiger partial charge in [-0.25, -0.2) is 0 Å². The molecule has 2 heterocycles. The summed E-state index contributed by atoms with van der Waals surface area (Å²) in [6, 6.07) is 70.3. The van der Waals surface area contributed by atoms with Crippen molar-refractivity contribution in [3.8, 4) is 44.8 Å². The van der Waals surface area contributed by atoms with Crippen molar-refractivity contribution in [3.05, 3.63) is 194 Å². The summed E-state index contributed by atoms with van der Waals surface area (Å²) in [5.41, 5.74) is 14.4. The molecule has 0 aliphatic carbocycles. The minimum Gasteiger partial charge on any atom is -0.307 e. The highest BCUT2D eigenvalue weighted by atomic mass is 15.0. The second kappa shape index (κ2) is 11.5. The zero-order chi connectivity index (χ0) is 33.0. The van der Waals surface area contributed by atoms with Crippen molar-refractivity contribution >= 4 is 43.6 Å². The lowest BCUT2D eigenvalue weighted by atomic mass is 9.87. The highest BCUT2D eigenvalue weighted by Crippen LogP contribution is 2.52. The number of para-hydroxylation sites is 3. The summed E-state index contributed by atoms with van der Waals surface area (Å²) in [4.78, 5) is 0. The van der Waals surface area contributed by atoms with Gasteiger partial charge in [0.1, 0.15) is 0 Å². The molecule has 0 unspecified atom stereocenters. The predicted molar refractivity (Wildman–Crippen MR) is 211 cm³/mol. The predicted octanol–water partition coefficient (Wildman–Crippen LogP) is 12.9. The molecule has 0 spiro atoms. The topological polar surface area (TPSA) is 9.86 Å². The highest BCUT2D eigenvalue weighted by Gasteiger charge is 2.28. The molecule has 0 aliphatic heterocycles. The van der Waals surface area contributed by atoms with Gasteiger partial charge in [-0.05, 0) is 58.7 Å². The number of fused-ring (bicyclic) bond motifs is 7. The van der Waals surface area contributed by atoms with Crippen LogP contribution in [0.2, 0.25) is 0 Å². The van der Waals surface area contributed by atoms with Crippen LogP contribution in [0.4, 0.5) is 0 Å². The van der Waals surface area contributed by atoms with Gasteiger partial charge in [-0.3, -0.25) is 0 Å². The average molecular weight is 637 g/mol. The standard InChI is InChI=1S/C48H32N2/c1-5-18-33(19-6-1)36-24-17-27-38(32-36)50-42-31-16-14-29-40(42)46-44(35-22-9-3-10-23-35)43(34-20-7-2-8-21-34)45-39-28-13-15-30-41(39)49(47(45)48(46)50)37-25-11-4-12-26-37/h1-32H. The molecule has 2 nitrogen and oxygen atoms in total. The molecule has 50 heavy (non-hydrogen) atoms. The molecule has 0 saturated heterocycles. The van der Waals surface area contributed by atoms with Crippen LogP contribution in [0.5, 0.6) is 0 Å². The molecule has 2 aromatic heterocycles. The Morgan fingerprint density at radius 2 is 0.660 bits per heavy atom. The first-order valence-corrected chi connectivity index (χ1v) is 17.2. The SMILES string of the molecule is c1ccc(-c2cccc(-n3c4ccccc4c4c(-c5ccccc5)c(-c5ccccc5)c5c6ccccc6n(-c6ccccc6)c5c43)c2)cc1. The van der Waals surface area contributed by atoms with Gasteiger partial charge in [0, 0.05) is 44.0 Å². The van der Waals surface area contributed by atoms with Crippen LogP contribution in [0, 0.1) is 0 Å². The van der Waals surface area contributed by atoms with Crippen molar-refractivity contribution in [3.63, 3.8) is 0 Å². The Morgan fingerprint density at radius 1 is 0.280 bits per heavy atom. The van der Waals surface area contributed by atoms with E-state index >= 15 is 0 Å². The molecule has 10 rings (SSSR count). The van der Waals surface area contributed by atoms with E-state index in [9.17, 15) is 0 Å². The number of nitrogens with zero attached hydrogens (tertiary/aromatic N) is 2. The molecular formula is C48H32N2. The fraction of sp³-hybridized carbons (Fsp3) is 0. The van der Waals surface area contributed by atoms with E-state index in [-0.39, 0.29) is 0 Å². The Hall–Kier alpha value is -6.64. The lowest BCUT2D eigenvalue weighted by Gasteiger charge is -2.18. The van der Waals surface area contributed by atoms with Crippen LogP contribution in [0.25, 0.3) is 88.4 Å². The zero-order valence-corrected chi connectivity index (χ0v) is 27.4. The molecule has 10 aromatic rings. The van der Waals surface area contributed by atoms with Crippen LogP contribution in [-0.4, -0.2) is 9.13 Å². The highest BCUT2D eigenvalue weighted by molar-refractivity contribution is 6.33. The molecule has 0 aliphatic rings. The Bertz CT molecular complexity index is 2830. The van der Waals surface area contributed by atoms with Crippen LogP contribution >= 0.6 is 0 Å².